The summed E-state index contributed by atoms with van der Waals surface area (Å²) in [5.74, 6) is -0.248. The van der Waals surface area contributed by atoms with E-state index in [2.05, 4.69) is 16.1 Å². The highest BCUT2D eigenvalue weighted by Crippen LogP contribution is 2.31. The van der Waals surface area contributed by atoms with E-state index in [9.17, 15) is 13.2 Å². The molecule has 0 aromatic heterocycles. The van der Waals surface area contributed by atoms with Crippen molar-refractivity contribution in [2.45, 2.75) is 30.7 Å². The molecule has 1 aliphatic carbocycles. The van der Waals surface area contributed by atoms with Crippen LogP contribution in [0.5, 0.6) is 0 Å². The van der Waals surface area contributed by atoms with Gasteiger partial charge in [-0.2, -0.15) is 0 Å². The molecule has 0 fully saturated rings. The van der Waals surface area contributed by atoms with Crippen molar-refractivity contribution in [3.05, 3.63) is 64.7 Å². The highest BCUT2D eigenvalue weighted by molar-refractivity contribution is 7.89. The van der Waals surface area contributed by atoms with Crippen LogP contribution in [0, 0.1) is 6.92 Å². The zero-order chi connectivity index (χ0) is 17.3. The SMILES string of the molecule is CNS(=O)(=O)c1ccc(C)c(C(=O)NC2CCc3ccccc32)c1. The lowest BCUT2D eigenvalue weighted by molar-refractivity contribution is 0.0936. The van der Waals surface area contributed by atoms with Gasteiger partial charge in [0.2, 0.25) is 10.0 Å². The molecule has 0 radical (unpaired) electrons. The summed E-state index contributed by atoms with van der Waals surface area (Å²) in [6.07, 6.45) is 1.80. The Balaban J connectivity index is 1.87. The summed E-state index contributed by atoms with van der Waals surface area (Å²) >= 11 is 0. The maximum Gasteiger partial charge on any atom is 0.252 e. The predicted octanol–water partition coefficient (Wildman–Crippen LogP) is 2.32. The van der Waals surface area contributed by atoms with Crippen molar-refractivity contribution in [1.82, 2.24) is 10.0 Å². The van der Waals surface area contributed by atoms with E-state index >= 15 is 0 Å². The van der Waals surface area contributed by atoms with Gasteiger partial charge in [-0.1, -0.05) is 30.3 Å². The summed E-state index contributed by atoms with van der Waals surface area (Å²) in [6, 6.07) is 12.6. The number of fused-ring (bicyclic) bond motifs is 1. The lowest BCUT2D eigenvalue weighted by atomic mass is 10.1. The number of aryl methyl sites for hydroxylation is 2. The minimum atomic E-state index is -3.58. The van der Waals surface area contributed by atoms with Gasteiger partial charge in [0.25, 0.3) is 5.91 Å². The minimum absolute atomic E-state index is 0.0299. The molecule has 0 bridgehead atoms. The van der Waals surface area contributed by atoms with Gasteiger partial charge < -0.3 is 5.32 Å². The normalized spacial score (nSPS) is 16.7. The van der Waals surface area contributed by atoms with Crippen molar-refractivity contribution in [3.63, 3.8) is 0 Å². The predicted molar refractivity (Wildman–Crippen MR) is 92.4 cm³/mol. The zero-order valence-corrected chi connectivity index (χ0v) is 14.5. The second-order valence-electron chi connectivity index (χ2n) is 5.95. The molecule has 1 amide bonds. The quantitative estimate of drug-likeness (QED) is 0.894. The highest BCUT2D eigenvalue weighted by atomic mass is 32.2. The van der Waals surface area contributed by atoms with Gasteiger partial charge >= 0.3 is 0 Å². The van der Waals surface area contributed by atoms with E-state index in [1.54, 1.807) is 13.0 Å². The number of rotatable bonds is 4. The Labute approximate surface area is 142 Å². The number of benzene rings is 2. The van der Waals surface area contributed by atoms with Gasteiger partial charge in [0.15, 0.2) is 0 Å². The fraction of sp³-hybridized carbons (Fsp3) is 0.278. The molecule has 2 N–H and O–H groups in total. The number of hydrogen-bond donors (Lipinski definition) is 2. The summed E-state index contributed by atoms with van der Waals surface area (Å²) < 4.78 is 26.2. The molecule has 0 aliphatic heterocycles. The molecular formula is C18H20N2O3S. The molecule has 2 aromatic rings. The van der Waals surface area contributed by atoms with Gasteiger partial charge in [0, 0.05) is 5.56 Å². The first kappa shape index (κ1) is 16.7. The van der Waals surface area contributed by atoms with Crippen LogP contribution in [0.4, 0.5) is 0 Å². The first-order chi connectivity index (χ1) is 11.4. The van der Waals surface area contributed by atoms with Gasteiger partial charge in [-0.3, -0.25) is 4.79 Å². The van der Waals surface area contributed by atoms with Crippen LogP contribution in [0.1, 0.15) is 39.5 Å². The summed E-state index contributed by atoms with van der Waals surface area (Å²) in [5, 5.41) is 3.03. The molecule has 1 atom stereocenters. The average molecular weight is 344 g/mol. The van der Waals surface area contributed by atoms with Crippen LogP contribution in [0.25, 0.3) is 0 Å². The first-order valence-electron chi connectivity index (χ1n) is 7.85. The van der Waals surface area contributed by atoms with Crippen molar-refractivity contribution in [1.29, 1.82) is 0 Å². The number of carbonyl (C=O) groups excluding carboxylic acids is 1. The Morgan fingerprint density at radius 3 is 2.67 bits per heavy atom. The second-order valence-corrected chi connectivity index (χ2v) is 7.83. The monoisotopic (exact) mass is 344 g/mol. The van der Waals surface area contributed by atoms with Crippen LogP contribution in [-0.4, -0.2) is 21.4 Å². The molecule has 6 heteroatoms. The molecule has 2 aromatic carbocycles. The number of amides is 1. The Hall–Kier alpha value is -2.18. The van der Waals surface area contributed by atoms with Crippen LogP contribution in [0.15, 0.2) is 47.4 Å². The van der Waals surface area contributed by atoms with Gasteiger partial charge in [-0.25, -0.2) is 13.1 Å². The highest BCUT2D eigenvalue weighted by Gasteiger charge is 2.25. The van der Waals surface area contributed by atoms with E-state index in [0.717, 1.165) is 24.0 Å². The minimum Gasteiger partial charge on any atom is -0.345 e. The Morgan fingerprint density at radius 1 is 1.17 bits per heavy atom. The maximum atomic E-state index is 12.7. The summed E-state index contributed by atoms with van der Waals surface area (Å²) in [5.41, 5.74) is 3.53. The molecule has 1 unspecified atom stereocenters. The van der Waals surface area contributed by atoms with Gasteiger partial charge in [0.05, 0.1) is 10.9 Å². The van der Waals surface area contributed by atoms with Crippen molar-refractivity contribution < 1.29 is 13.2 Å². The summed E-state index contributed by atoms with van der Waals surface area (Å²) in [4.78, 5) is 12.8. The lowest BCUT2D eigenvalue weighted by Gasteiger charge is -2.16. The second kappa shape index (κ2) is 6.37. The van der Waals surface area contributed by atoms with E-state index in [0.29, 0.717) is 5.56 Å². The average Bonchev–Trinajstić information content (AvgIpc) is 2.98. The third-order valence-electron chi connectivity index (χ3n) is 4.47. The lowest BCUT2D eigenvalue weighted by Crippen LogP contribution is -2.28. The van der Waals surface area contributed by atoms with Gasteiger partial charge in [-0.05, 0) is 55.6 Å². The molecule has 126 valence electrons. The van der Waals surface area contributed by atoms with Crippen LogP contribution in [0.2, 0.25) is 0 Å². The van der Waals surface area contributed by atoms with Crippen LogP contribution in [0.3, 0.4) is 0 Å². The molecule has 0 heterocycles. The zero-order valence-electron chi connectivity index (χ0n) is 13.7. The number of sulfonamides is 1. The smallest absolute Gasteiger partial charge is 0.252 e. The van der Waals surface area contributed by atoms with E-state index in [1.165, 1.54) is 24.7 Å². The van der Waals surface area contributed by atoms with Crippen molar-refractivity contribution in [2.24, 2.45) is 0 Å². The Bertz CT molecular complexity index is 891. The molecule has 0 spiro atoms. The largest absolute Gasteiger partial charge is 0.345 e. The summed E-state index contributed by atoms with van der Waals surface area (Å²) in [6.45, 7) is 1.80. The number of nitrogens with one attached hydrogen (secondary N) is 2. The topological polar surface area (TPSA) is 75.3 Å². The van der Waals surface area contributed by atoms with Gasteiger partial charge in [-0.15, -0.1) is 0 Å². The number of hydrogen-bond acceptors (Lipinski definition) is 3. The van der Waals surface area contributed by atoms with Gasteiger partial charge in [0.1, 0.15) is 0 Å². The van der Waals surface area contributed by atoms with Crippen LogP contribution in [-0.2, 0) is 16.4 Å². The van der Waals surface area contributed by atoms with Crippen LogP contribution < -0.4 is 10.0 Å². The molecule has 1 aliphatic rings. The van der Waals surface area contributed by atoms with E-state index < -0.39 is 10.0 Å². The van der Waals surface area contributed by atoms with E-state index in [1.807, 2.05) is 18.2 Å². The van der Waals surface area contributed by atoms with Crippen molar-refractivity contribution in [3.8, 4) is 0 Å². The molecule has 3 rings (SSSR count). The standard InChI is InChI=1S/C18H20N2O3S/c1-12-7-9-14(24(22,23)19-2)11-16(12)18(21)20-17-10-8-13-5-3-4-6-15(13)17/h3-7,9,11,17,19H,8,10H2,1-2H3,(H,20,21). The maximum absolute atomic E-state index is 12.7. The first-order valence-corrected chi connectivity index (χ1v) is 9.33. The third-order valence-corrected chi connectivity index (χ3v) is 5.88. The van der Waals surface area contributed by atoms with E-state index in [-0.39, 0.29) is 16.8 Å². The number of carbonyl (C=O) groups is 1. The molecular weight excluding hydrogens is 324 g/mol. The molecule has 0 saturated heterocycles. The van der Waals surface area contributed by atoms with Crippen molar-refractivity contribution in [2.75, 3.05) is 7.05 Å². The Kier molecular flexibility index (Phi) is 4.43. The fourth-order valence-corrected chi connectivity index (χ4v) is 3.83. The Morgan fingerprint density at radius 2 is 1.92 bits per heavy atom. The summed E-state index contributed by atoms with van der Waals surface area (Å²) in [7, 11) is -2.23. The van der Waals surface area contributed by atoms with Crippen molar-refractivity contribution >= 4 is 15.9 Å². The molecule has 5 nitrogen and oxygen atoms in total. The molecule has 0 saturated carbocycles. The van der Waals surface area contributed by atoms with Crippen LogP contribution >= 0.6 is 0 Å². The third kappa shape index (κ3) is 3.07. The van der Waals surface area contributed by atoms with E-state index in [4.69, 9.17) is 0 Å². The molecule has 24 heavy (non-hydrogen) atoms. The fourth-order valence-electron chi connectivity index (χ4n) is 3.07.